The SMILES string of the molecule is CN=C(NCCCc1nnc2ccccn12)NC(C)c1ccc(CC(C)C)cc1.I. The van der Waals surface area contributed by atoms with Crippen LogP contribution in [-0.4, -0.2) is 34.2 Å². The van der Waals surface area contributed by atoms with Crippen LogP contribution < -0.4 is 10.6 Å². The molecule has 0 bridgehead atoms. The molecule has 2 heterocycles. The summed E-state index contributed by atoms with van der Waals surface area (Å²) in [6, 6.07) is 15.0. The number of aromatic nitrogens is 3. The maximum atomic E-state index is 4.36. The van der Waals surface area contributed by atoms with E-state index in [0.717, 1.165) is 43.2 Å². The molecule has 7 heteroatoms. The molecule has 162 valence electrons. The summed E-state index contributed by atoms with van der Waals surface area (Å²) in [6.07, 6.45) is 4.94. The minimum atomic E-state index is 0. The second-order valence-corrected chi connectivity index (χ2v) is 7.85. The highest BCUT2D eigenvalue weighted by atomic mass is 127. The van der Waals surface area contributed by atoms with Crippen LogP contribution in [0.2, 0.25) is 0 Å². The maximum Gasteiger partial charge on any atom is 0.191 e. The van der Waals surface area contributed by atoms with E-state index in [9.17, 15) is 0 Å². The fraction of sp³-hybridized carbons (Fsp3) is 0.435. The summed E-state index contributed by atoms with van der Waals surface area (Å²) in [5, 5.41) is 15.4. The van der Waals surface area contributed by atoms with Gasteiger partial charge in [-0.3, -0.25) is 9.39 Å². The van der Waals surface area contributed by atoms with Crippen molar-refractivity contribution in [2.75, 3.05) is 13.6 Å². The van der Waals surface area contributed by atoms with Crippen molar-refractivity contribution in [1.82, 2.24) is 25.2 Å². The van der Waals surface area contributed by atoms with E-state index in [1.54, 1.807) is 7.05 Å². The number of pyridine rings is 1. The van der Waals surface area contributed by atoms with Crippen molar-refractivity contribution in [3.8, 4) is 0 Å². The first kappa shape index (κ1) is 24.1. The number of nitrogens with zero attached hydrogens (tertiary/aromatic N) is 4. The summed E-state index contributed by atoms with van der Waals surface area (Å²) in [7, 11) is 1.81. The number of guanidine groups is 1. The molecule has 0 aliphatic heterocycles. The topological polar surface area (TPSA) is 66.6 Å². The highest BCUT2D eigenvalue weighted by Gasteiger charge is 2.09. The van der Waals surface area contributed by atoms with Crippen LogP contribution in [0.25, 0.3) is 5.65 Å². The predicted molar refractivity (Wildman–Crippen MR) is 135 cm³/mol. The van der Waals surface area contributed by atoms with Crippen LogP contribution in [0.4, 0.5) is 0 Å². The van der Waals surface area contributed by atoms with E-state index in [2.05, 4.69) is 70.9 Å². The quantitative estimate of drug-likeness (QED) is 0.200. The molecule has 0 aliphatic rings. The molecule has 30 heavy (non-hydrogen) atoms. The second-order valence-electron chi connectivity index (χ2n) is 7.85. The molecule has 0 radical (unpaired) electrons. The zero-order valence-corrected chi connectivity index (χ0v) is 20.6. The molecule has 0 saturated heterocycles. The number of aryl methyl sites for hydroxylation is 1. The van der Waals surface area contributed by atoms with Crippen LogP contribution >= 0.6 is 24.0 Å². The molecule has 0 saturated carbocycles. The molecular formula is C23H33IN6. The largest absolute Gasteiger partial charge is 0.356 e. The Morgan fingerprint density at radius 1 is 1.07 bits per heavy atom. The molecule has 0 spiro atoms. The van der Waals surface area contributed by atoms with Crippen LogP contribution in [0.3, 0.4) is 0 Å². The van der Waals surface area contributed by atoms with Gasteiger partial charge in [-0.25, -0.2) is 0 Å². The van der Waals surface area contributed by atoms with Crippen molar-refractivity contribution < 1.29 is 0 Å². The highest BCUT2D eigenvalue weighted by Crippen LogP contribution is 2.15. The Balaban J connectivity index is 0.00000320. The Bertz CT molecular complexity index is 932. The van der Waals surface area contributed by atoms with E-state index < -0.39 is 0 Å². The standard InChI is InChI=1S/C23H32N6.HI/c1-17(2)16-19-10-12-20(13-11-19)18(3)26-23(24-4)25-14-7-9-22-28-27-21-8-5-6-15-29(21)22;/h5-6,8,10-13,15,17-18H,7,9,14,16H2,1-4H3,(H2,24,25,26);1H. The van der Waals surface area contributed by atoms with E-state index in [1.807, 2.05) is 28.8 Å². The van der Waals surface area contributed by atoms with Crippen LogP contribution in [0.15, 0.2) is 53.7 Å². The molecule has 0 fully saturated rings. The third-order valence-corrected chi connectivity index (χ3v) is 4.95. The van der Waals surface area contributed by atoms with Gasteiger partial charge in [-0.05, 0) is 48.9 Å². The number of fused-ring (bicyclic) bond motifs is 1. The number of nitrogens with one attached hydrogen (secondary N) is 2. The van der Waals surface area contributed by atoms with Crippen molar-refractivity contribution in [2.24, 2.45) is 10.9 Å². The highest BCUT2D eigenvalue weighted by molar-refractivity contribution is 14.0. The first-order valence-corrected chi connectivity index (χ1v) is 10.4. The Labute approximate surface area is 196 Å². The lowest BCUT2D eigenvalue weighted by Crippen LogP contribution is -2.39. The van der Waals surface area contributed by atoms with Gasteiger partial charge in [-0.15, -0.1) is 34.2 Å². The van der Waals surface area contributed by atoms with Crippen molar-refractivity contribution in [1.29, 1.82) is 0 Å². The van der Waals surface area contributed by atoms with E-state index in [-0.39, 0.29) is 30.0 Å². The van der Waals surface area contributed by atoms with Gasteiger partial charge in [-0.1, -0.05) is 44.2 Å². The van der Waals surface area contributed by atoms with Gasteiger partial charge in [0.2, 0.25) is 0 Å². The normalized spacial score (nSPS) is 12.6. The van der Waals surface area contributed by atoms with Gasteiger partial charge in [0, 0.05) is 26.2 Å². The van der Waals surface area contributed by atoms with Gasteiger partial charge in [-0.2, -0.15) is 0 Å². The van der Waals surface area contributed by atoms with Crippen molar-refractivity contribution in [3.63, 3.8) is 0 Å². The van der Waals surface area contributed by atoms with Gasteiger partial charge in [0.05, 0.1) is 6.04 Å². The molecule has 6 nitrogen and oxygen atoms in total. The van der Waals surface area contributed by atoms with Crippen LogP contribution in [0.5, 0.6) is 0 Å². The van der Waals surface area contributed by atoms with Gasteiger partial charge in [0.25, 0.3) is 0 Å². The Morgan fingerprint density at radius 3 is 2.53 bits per heavy atom. The summed E-state index contributed by atoms with van der Waals surface area (Å²) in [4.78, 5) is 4.36. The Kier molecular flexibility index (Phi) is 9.55. The molecule has 3 rings (SSSR count). The monoisotopic (exact) mass is 520 g/mol. The first-order chi connectivity index (χ1) is 14.1. The predicted octanol–water partition coefficient (Wildman–Crippen LogP) is 4.40. The fourth-order valence-corrected chi connectivity index (χ4v) is 3.41. The average Bonchev–Trinajstić information content (AvgIpc) is 3.13. The zero-order valence-electron chi connectivity index (χ0n) is 18.3. The molecule has 1 atom stereocenters. The molecule has 1 unspecified atom stereocenters. The summed E-state index contributed by atoms with van der Waals surface area (Å²) >= 11 is 0. The van der Waals surface area contributed by atoms with Crippen LogP contribution in [0, 0.1) is 5.92 Å². The minimum Gasteiger partial charge on any atom is -0.356 e. The molecule has 0 amide bonds. The zero-order chi connectivity index (χ0) is 20.6. The van der Waals surface area contributed by atoms with E-state index in [4.69, 9.17) is 0 Å². The lowest BCUT2D eigenvalue weighted by atomic mass is 10.00. The maximum absolute atomic E-state index is 4.36. The number of hydrogen-bond donors (Lipinski definition) is 2. The third kappa shape index (κ3) is 6.68. The van der Waals surface area contributed by atoms with Gasteiger partial charge < -0.3 is 10.6 Å². The second kappa shape index (κ2) is 11.9. The molecule has 3 aromatic rings. The molecular weight excluding hydrogens is 487 g/mol. The summed E-state index contributed by atoms with van der Waals surface area (Å²) in [5.41, 5.74) is 3.54. The van der Waals surface area contributed by atoms with E-state index in [0.29, 0.717) is 5.92 Å². The van der Waals surface area contributed by atoms with Crippen molar-refractivity contribution >= 4 is 35.6 Å². The number of benzene rings is 1. The third-order valence-electron chi connectivity index (χ3n) is 4.95. The van der Waals surface area contributed by atoms with Gasteiger partial charge in [0.1, 0.15) is 5.82 Å². The van der Waals surface area contributed by atoms with Gasteiger partial charge >= 0.3 is 0 Å². The van der Waals surface area contributed by atoms with Crippen molar-refractivity contribution in [3.05, 3.63) is 65.6 Å². The van der Waals surface area contributed by atoms with Gasteiger partial charge in [0.15, 0.2) is 11.6 Å². The van der Waals surface area contributed by atoms with Crippen LogP contribution in [-0.2, 0) is 12.8 Å². The molecule has 1 aromatic carbocycles. The lowest BCUT2D eigenvalue weighted by molar-refractivity contribution is 0.645. The average molecular weight is 520 g/mol. The summed E-state index contributed by atoms with van der Waals surface area (Å²) < 4.78 is 2.04. The summed E-state index contributed by atoms with van der Waals surface area (Å²) in [5.74, 6) is 2.48. The number of halogens is 1. The van der Waals surface area contributed by atoms with Crippen LogP contribution in [0.1, 0.15) is 50.2 Å². The Hall–Kier alpha value is -2.16. The minimum absolute atomic E-state index is 0. The molecule has 0 aliphatic carbocycles. The molecule has 2 N–H and O–H groups in total. The Morgan fingerprint density at radius 2 is 1.83 bits per heavy atom. The van der Waals surface area contributed by atoms with E-state index in [1.165, 1.54) is 11.1 Å². The van der Waals surface area contributed by atoms with E-state index >= 15 is 0 Å². The number of aliphatic imine (C=N–C) groups is 1. The number of rotatable bonds is 8. The summed E-state index contributed by atoms with van der Waals surface area (Å²) in [6.45, 7) is 7.48. The van der Waals surface area contributed by atoms with Crippen molar-refractivity contribution in [2.45, 2.75) is 46.1 Å². The smallest absolute Gasteiger partial charge is 0.191 e. The number of hydrogen-bond acceptors (Lipinski definition) is 3. The first-order valence-electron chi connectivity index (χ1n) is 10.4. The fourth-order valence-electron chi connectivity index (χ4n) is 3.41. The molecule has 2 aromatic heterocycles. The lowest BCUT2D eigenvalue weighted by Gasteiger charge is -2.18.